The molecule has 1 amide bonds. The molecule has 22 heavy (non-hydrogen) atoms. The van der Waals surface area contributed by atoms with E-state index in [-0.39, 0.29) is 25.0 Å². The number of rotatable bonds is 7. The molecule has 1 unspecified atom stereocenters. The van der Waals surface area contributed by atoms with E-state index in [2.05, 4.69) is 5.10 Å². The number of carbonyl (C=O) groups is 2. The summed E-state index contributed by atoms with van der Waals surface area (Å²) in [6.45, 7) is 1.06. The van der Waals surface area contributed by atoms with E-state index < -0.39 is 5.97 Å². The number of carboxylic acid groups (broad SMARTS) is 1. The van der Waals surface area contributed by atoms with Gasteiger partial charge in [0.15, 0.2) is 0 Å². The molecule has 1 atom stereocenters. The number of hydrogen-bond donors (Lipinski definition) is 1. The quantitative estimate of drug-likeness (QED) is 0.817. The molecule has 1 saturated heterocycles. The predicted octanol–water partition coefficient (Wildman–Crippen LogP) is 1.18. The molecule has 1 N–H and O–H groups in total. The fourth-order valence-corrected chi connectivity index (χ4v) is 2.79. The first-order chi connectivity index (χ1) is 10.6. The van der Waals surface area contributed by atoms with Gasteiger partial charge in [-0.15, -0.1) is 0 Å². The summed E-state index contributed by atoms with van der Waals surface area (Å²) >= 11 is 0. The molecular formula is C15H23N3O4. The van der Waals surface area contributed by atoms with Gasteiger partial charge in [0, 0.05) is 32.3 Å². The first-order valence-corrected chi connectivity index (χ1v) is 7.64. The summed E-state index contributed by atoms with van der Waals surface area (Å²) in [7, 11) is 1.83. The van der Waals surface area contributed by atoms with Crippen molar-refractivity contribution in [2.75, 3.05) is 13.2 Å². The van der Waals surface area contributed by atoms with E-state index in [1.165, 1.54) is 0 Å². The van der Waals surface area contributed by atoms with Crippen LogP contribution >= 0.6 is 0 Å². The molecule has 1 aromatic rings. The van der Waals surface area contributed by atoms with Crippen molar-refractivity contribution in [1.29, 1.82) is 0 Å². The Bertz CT molecular complexity index is 515. The van der Waals surface area contributed by atoms with Crippen molar-refractivity contribution in [2.45, 2.75) is 44.8 Å². The van der Waals surface area contributed by atoms with Crippen molar-refractivity contribution < 1.29 is 19.4 Å². The molecule has 2 heterocycles. The molecule has 0 bridgehead atoms. The second-order valence-electron chi connectivity index (χ2n) is 5.61. The normalized spacial score (nSPS) is 18.4. The highest BCUT2D eigenvalue weighted by Gasteiger charge is 2.26. The van der Waals surface area contributed by atoms with Crippen LogP contribution in [0, 0.1) is 0 Å². The van der Waals surface area contributed by atoms with Gasteiger partial charge in [0.05, 0.1) is 12.3 Å². The first kappa shape index (κ1) is 16.5. The third-order valence-electron chi connectivity index (χ3n) is 4.04. The maximum Gasteiger partial charge on any atom is 0.303 e. The molecule has 0 aliphatic carbocycles. The molecule has 0 radical (unpaired) electrons. The minimum Gasteiger partial charge on any atom is -0.481 e. The first-order valence-electron chi connectivity index (χ1n) is 7.64. The van der Waals surface area contributed by atoms with Crippen LogP contribution in [0.25, 0.3) is 0 Å². The van der Waals surface area contributed by atoms with Crippen LogP contribution in [0.4, 0.5) is 0 Å². The van der Waals surface area contributed by atoms with Crippen molar-refractivity contribution in [3.63, 3.8) is 0 Å². The van der Waals surface area contributed by atoms with Gasteiger partial charge >= 0.3 is 5.97 Å². The number of hydrogen-bond acceptors (Lipinski definition) is 4. The summed E-state index contributed by atoms with van der Waals surface area (Å²) in [6.07, 6.45) is 5.20. The zero-order chi connectivity index (χ0) is 15.9. The smallest absolute Gasteiger partial charge is 0.303 e. The van der Waals surface area contributed by atoms with Crippen LogP contribution < -0.4 is 0 Å². The number of likely N-dealkylation sites (tertiary alicyclic amines) is 1. The van der Waals surface area contributed by atoms with Crippen LogP contribution in [0.1, 0.15) is 37.8 Å². The second kappa shape index (κ2) is 7.93. The Labute approximate surface area is 129 Å². The molecule has 7 nitrogen and oxygen atoms in total. The molecule has 2 rings (SSSR count). The average Bonchev–Trinajstić information content (AvgIpc) is 2.90. The fraction of sp³-hybridized carbons (Fsp3) is 0.667. The monoisotopic (exact) mass is 309 g/mol. The Hall–Kier alpha value is -1.89. The van der Waals surface area contributed by atoms with Gasteiger partial charge in [-0.2, -0.15) is 5.10 Å². The molecule has 7 heteroatoms. The average molecular weight is 309 g/mol. The minimum atomic E-state index is -0.814. The molecule has 1 fully saturated rings. The summed E-state index contributed by atoms with van der Waals surface area (Å²) in [5.74, 6) is -0.873. The highest BCUT2D eigenvalue weighted by Crippen LogP contribution is 2.21. The summed E-state index contributed by atoms with van der Waals surface area (Å²) in [4.78, 5) is 24.8. The Balaban J connectivity index is 1.80. The van der Waals surface area contributed by atoms with Crippen molar-refractivity contribution in [1.82, 2.24) is 14.7 Å². The number of carbonyl (C=O) groups excluding carboxylic acids is 1. The zero-order valence-electron chi connectivity index (χ0n) is 12.9. The largest absolute Gasteiger partial charge is 0.481 e. The number of carboxylic acids is 1. The van der Waals surface area contributed by atoms with Gasteiger partial charge in [-0.25, -0.2) is 0 Å². The number of aliphatic carboxylic acids is 1. The molecule has 0 aromatic carbocycles. The fourth-order valence-electron chi connectivity index (χ4n) is 2.79. The molecule has 1 aliphatic rings. The van der Waals surface area contributed by atoms with Crippen molar-refractivity contribution in [3.05, 3.63) is 18.0 Å². The van der Waals surface area contributed by atoms with Gasteiger partial charge in [-0.1, -0.05) is 0 Å². The van der Waals surface area contributed by atoms with Gasteiger partial charge in [-0.3, -0.25) is 14.3 Å². The predicted molar refractivity (Wildman–Crippen MR) is 79.1 cm³/mol. The Morgan fingerprint density at radius 1 is 1.45 bits per heavy atom. The summed E-state index contributed by atoms with van der Waals surface area (Å²) < 4.78 is 7.19. The van der Waals surface area contributed by atoms with E-state index >= 15 is 0 Å². The number of nitrogens with zero attached hydrogens (tertiary/aromatic N) is 3. The molecular weight excluding hydrogens is 286 g/mol. The van der Waals surface area contributed by atoms with Crippen LogP contribution in [0.15, 0.2) is 12.3 Å². The van der Waals surface area contributed by atoms with Gasteiger partial charge in [0.2, 0.25) is 5.91 Å². The lowest BCUT2D eigenvalue weighted by Gasteiger charge is -2.35. The van der Waals surface area contributed by atoms with Crippen molar-refractivity contribution in [3.8, 4) is 0 Å². The number of piperidine rings is 1. The molecule has 1 aliphatic heterocycles. The van der Waals surface area contributed by atoms with E-state index in [1.807, 2.05) is 13.1 Å². The van der Waals surface area contributed by atoms with E-state index in [0.717, 1.165) is 25.0 Å². The van der Waals surface area contributed by atoms with E-state index in [0.29, 0.717) is 19.6 Å². The summed E-state index contributed by atoms with van der Waals surface area (Å²) in [6, 6.07) is 1.87. The van der Waals surface area contributed by atoms with Crippen molar-refractivity contribution in [2.24, 2.45) is 7.05 Å². The third kappa shape index (κ3) is 4.56. The highest BCUT2D eigenvalue weighted by atomic mass is 16.5. The maximum absolute atomic E-state index is 12.3. The van der Waals surface area contributed by atoms with Crippen LogP contribution in [-0.4, -0.2) is 50.9 Å². The maximum atomic E-state index is 12.3. The van der Waals surface area contributed by atoms with Crippen LogP contribution in [0.5, 0.6) is 0 Å². The minimum absolute atomic E-state index is 0.0226. The molecule has 122 valence electrons. The van der Waals surface area contributed by atoms with Crippen molar-refractivity contribution >= 4 is 11.9 Å². The highest BCUT2D eigenvalue weighted by molar-refractivity contribution is 5.78. The Kier molecular flexibility index (Phi) is 5.94. The van der Waals surface area contributed by atoms with Gasteiger partial charge < -0.3 is 14.7 Å². The van der Waals surface area contributed by atoms with E-state index in [1.54, 1.807) is 15.8 Å². The lowest BCUT2D eigenvalue weighted by Crippen LogP contribution is -2.45. The Morgan fingerprint density at radius 3 is 2.95 bits per heavy atom. The van der Waals surface area contributed by atoms with E-state index in [9.17, 15) is 9.59 Å². The zero-order valence-corrected chi connectivity index (χ0v) is 12.9. The molecule has 1 aromatic heterocycles. The topological polar surface area (TPSA) is 84.7 Å². The number of aromatic nitrogens is 2. The number of ether oxygens (including phenoxy) is 1. The number of aryl methyl sites for hydroxylation is 1. The lowest BCUT2D eigenvalue weighted by atomic mass is 9.98. The van der Waals surface area contributed by atoms with Crippen LogP contribution in [0.3, 0.4) is 0 Å². The Morgan fingerprint density at radius 2 is 2.27 bits per heavy atom. The second-order valence-corrected chi connectivity index (χ2v) is 5.61. The summed E-state index contributed by atoms with van der Waals surface area (Å²) in [5, 5.41) is 12.8. The SMILES string of the molecule is Cn1nccc1COCC(=O)N1CCCCC1CCC(=O)O. The summed E-state index contributed by atoms with van der Waals surface area (Å²) in [5.41, 5.74) is 0.911. The third-order valence-corrected chi connectivity index (χ3v) is 4.04. The van der Waals surface area contributed by atoms with Gasteiger partial charge in [0.25, 0.3) is 0 Å². The standard InChI is InChI=1S/C15H23N3O4/c1-17-13(7-8-16-17)10-22-11-14(19)18-9-3-2-4-12(18)5-6-15(20)21/h7-8,12H,2-6,9-11H2,1H3,(H,20,21). The molecule has 0 spiro atoms. The van der Waals surface area contributed by atoms with Crippen LogP contribution in [-0.2, 0) is 28.0 Å². The van der Waals surface area contributed by atoms with E-state index in [4.69, 9.17) is 9.84 Å². The lowest BCUT2D eigenvalue weighted by molar-refractivity contribution is -0.143. The van der Waals surface area contributed by atoms with Gasteiger partial charge in [0.1, 0.15) is 6.61 Å². The number of amides is 1. The molecule has 0 saturated carbocycles. The van der Waals surface area contributed by atoms with Gasteiger partial charge in [-0.05, 0) is 31.7 Å². The van der Waals surface area contributed by atoms with Crippen LogP contribution in [0.2, 0.25) is 0 Å².